The number of nitrogens with zero attached hydrogens (tertiary/aromatic N) is 1. The summed E-state index contributed by atoms with van der Waals surface area (Å²) in [6.45, 7) is 0.317. The maximum Gasteiger partial charge on any atom is 0.326 e. The Morgan fingerprint density at radius 3 is 2.56 bits per heavy atom. The number of carbonyl (C=O) groups is 1. The minimum Gasteiger partial charge on any atom is -0.480 e. The molecule has 1 unspecified atom stereocenters. The van der Waals surface area contributed by atoms with Crippen LogP contribution in [0.4, 0.5) is 10.1 Å². The molecule has 0 bridgehead atoms. The lowest BCUT2D eigenvalue weighted by molar-refractivity contribution is -0.139. The molecule has 3 N–H and O–H groups in total. The van der Waals surface area contributed by atoms with E-state index in [-0.39, 0.29) is 10.9 Å². The summed E-state index contributed by atoms with van der Waals surface area (Å²) in [7, 11) is 1.62. The van der Waals surface area contributed by atoms with E-state index in [0.29, 0.717) is 32.5 Å². The van der Waals surface area contributed by atoms with Crippen molar-refractivity contribution in [2.24, 2.45) is 0 Å². The Kier molecular flexibility index (Phi) is 6.27. The minimum absolute atomic E-state index is 0.286. The van der Waals surface area contributed by atoms with Crippen molar-refractivity contribution >= 4 is 45.4 Å². The van der Waals surface area contributed by atoms with Gasteiger partial charge in [0.05, 0.1) is 15.4 Å². The maximum atomic E-state index is 14.2. The molecule has 2 heterocycles. The number of hydrogen-bond acceptors (Lipinski definition) is 5. The Balaban J connectivity index is 1.56. The van der Waals surface area contributed by atoms with Gasteiger partial charge in [-0.2, -0.15) is 0 Å². The van der Waals surface area contributed by atoms with E-state index in [1.807, 2.05) is 12.1 Å². The first-order valence-electron chi connectivity index (χ1n) is 9.71. The first kappa shape index (κ1) is 22.0. The molecule has 6 nitrogen and oxygen atoms in total. The van der Waals surface area contributed by atoms with E-state index in [0.717, 1.165) is 5.56 Å². The first-order chi connectivity index (χ1) is 15.4. The van der Waals surface area contributed by atoms with Crippen molar-refractivity contribution in [2.45, 2.75) is 12.6 Å². The van der Waals surface area contributed by atoms with Gasteiger partial charge in [-0.15, -0.1) is 11.3 Å². The van der Waals surface area contributed by atoms with Crippen LogP contribution in [0.25, 0.3) is 16.5 Å². The standard InChI is InChI=1S/C23H19ClFN3O3S/c1-26-18-10-14-8-9-28(22(29)16(14)11-17(18)25)15-4-2-13(3-5-15)12-27-21(23(30)31)19-6-7-20(24)32-19/h2-11,21,26-27H,12H2,1H3,(H,30,31). The second-order valence-electron chi connectivity index (χ2n) is 7.12. The van der Waals surface area contributed by atoms with Crippen LogP contribution < -0.4 is 16.2 Å². The van der Waals surface area contributed by atoms with Gasteiger partial charge in [0, 0.05) is 30.4 Å². The van der Waals surface area contributed by atoms with Gasteiger partial charge in [0.1, 0.15) is 11.9 Å². The number of aromatic nitrogens is 1. The predicted molar refractivity (Wildman–Crippen MR) is 126 cm³/mol. The zero-order valence-electron chi connectivity index (χ0n) is 16.9. The van der Waals surface area contributed by atoms with Gasteiger partial charge in [-0.25, -0.2) is 4.39 Å². The molecule has 2 aromatic heterocycles. The molecule has 0 fully saturated rings. The largest absolute Gasteiger partial charge is 0.480 e. The number of hydrogen-bond donors (Lipinski definition) is 3. The third kappa shape index (κ3) is 4.38. The molecule has 0 spiro atoms. The lowest BCUT2D eigenvalue weighted by atomic mass is 10.1. The van der Waals surface area contributed by atoms with Gasteiger partial charge in [-0.05, 0) is 53.4 Å². The highest BCUT2D eigenvalue weighted by Crippen LogP contribution is 2.27. The number of carboxylic acids is 1. The van der Waals surface area contributed by atoms with E-state index < -0.39 is 17.8 Å². The molecule has 32 heavy (non-hydrogen) atoms. The molecule has 9 heteroatoms. The Morgan fingerprint density at radius 2 is 1.94 bits per heavy atom. The van der Waals surface area contributed by atoms with Gasteiger partial charge in [0.15, 0.2) is 0 Å². The minimum atomic E-state index is -0.989. The third-order valence-electron chi connectivity index (χ3n) is 5.11. The predicted octanol–water partition coefficient (Wildman–Crippen LogP) is 4.80. The van der Waals surface area contributed by atoms with Gasteiger partial charge in [-0.3, -0.25) is 19.5 Å². The molecule has 0 radical (unpaired) electrons. The van der Waals surface area contributed by atoms with E-state index in [4.69, 9.17) is 11.6 Å². The fraction of sp³-hybridized carbons (Fsp3) is 0.130. The number of anilines is 1. The maximum absolute atomic E-state index is 14.2. The smallest absolute Gasteiger partial charge is 0.326 e. The van der Waals surface area contributed by atoms with E-state index in [1.165, 1.54) is 22.0 Å². The van der Waals surface area contributed by atoms with Crippen molar-refractivity contribution in [1.82, 2.24) is 9.88 Å². The zero-order chi connectivity index (χ0) is 22.8. The fourth-order valence-corrected chi connectivity index (χ4v) is 4.58. The molecule has 0 aliphatic carbocycles. The highest BCUT2D eigenvalue weighted by atomic mass is 35.5. The van der Waals surface area contributed by atoms with Gasteiger partial charge in [0.25, 0.3) is 5.56 Å². The quantitative estimate of drug-likeness (QED) is 0.360. The van der Waals surface area contributed by atoms with Crippen molar-refractivity contribution in [1.29, 1.82) is 0 Å². The Morgan fingerprint density at radius 1 is 1.19 bits per heavy atom. The zero-order valence-corrected chi connectivity index (χ0v) is 18.5. The number of benzene rings is 2. The molecular formula is C23H19ClFN3O3S. The van der Waals surface area contributed by atoms with Crippen molar-refractivity contribution < 1.29 is 14.3 Å². The van der Waals surface area contributed by atoms with Crippen LogP contribution in [-0.4, -0.2) is 22.7 Å². The monoisotopic (exact) mass is 471 g/mol. The molecular weight excluding hydrogens is 453 g/mol. The van der Waals surface area contributed by atoms with Crippen molar-refractivity contribution in [3.63, 3.8) is 0 Å². The lowest BCUT2D eigenvalue weighted by Gasteiger charge is -2.14. The van der Waals surface area contributed by atoms with Crippen LogP contribution in [0.3, 0.4) is 0 Å². The van der Waals surface area contributed by atoms with E-state index in [1.54, 1.807) is 49.6 Å². The van der Waals surface area contributed by atoms with Gasteiger partial charge in [-0.1, -0.05) is 23.7 Å². The van der Waals surface area contributed by atoms with E-state index in [2.05, 4.69) is 10.6 Å². The Hall–Kier alpha value is -3.20. The normalized spacial score (nSPS) is 12.1. The Labute approximate surface area is 191 Å². The summed E-state index contributed by atoms with van der Waals surface area (Å²) >= 11 is 7.14. The second kappa shape index (κ2) is 9.12. The average Bonchev–Trinajstić information content (AvgIpc) is 3.20. The molecule has 1 atom stereocenters. The number of nitrogens with one attached hydrogen (secondary N) is 2. The van der Waals surface area contributed by atoms with Crippen molar-refractivity contribution in [2.75, 3.05) is 12.4 Å². The number of rotatable bonds is 7. The highest BCUT2D eigenvalue weighted by molar-refractivity contribution is 7.16. The summed E-state index contributed by atoms with van der Waals surface area (Å²) in [4.78, 5) is 25.1. The average molecular weight is 472 g/mol. The van der Waals surface area contributed by atoms with Crippen LogP contribution in [0.5, 0.6) is 0 Å². The molecule has 0 saturated carbocycles. The van der Waals surface area contributed by atoms with Crippen molar-refractivity contribution in [3.8, 4) is 5.69 Å². The SMILES string of the molecule is CNc1cc2ccn(-c3ccc(CNC(C(=O)O)c4ccc(Cl)s4)cc3)c(=O)c2cc1F. The molecule has 0 aliphatic rings. The van der Waals surface area contributed by atoms with Crippen LogP contribution in [0, 0.1) is 5.82 Å². The van der Waals surface area contributed by atoms with Crippen LogP contribution in [0.1, 0.15) is 16.5 Å². The van der Waals surface area contributed by atoms with Gasteiger partial charge < -0.3 is 10.4 Å². The number of pyridine rings is 1. The summed E-state index contributed by atoms with van der Waals surface area (Å²) in [5.41, 5.74) is 1.48. The van der Waals surface area contributed by atoms with Gasteiger partial charge in [0.2, 0.25) is 0 Å². The van der Waals surface area contributed by atoms with Crippen molar-refractivity contribution in [3.05, 3.63) is 91.7 Å². The van der Waals surface area contributed by atoms with E-state index >= 15 is 0 Å². The summed E-state index contributed by atoms with van der Waals surface area (Å²) in [5.74, 6) is -1.48. The highest BCUT2D eigenvalue weighted by Gasteiger charge is 2.21. The number of carboxylic acid groups (broad SMARTS) is 1. The topological polar surface area (TPSA) is 83.4 Å². The van der Waals surface area contributed by atoms with Crippen LogP contribution in [-0.2, 0) is 11.3 Å². The molecule has 0 aliphatic heterocycles. The number of fused-ring (bicyclic) bond motifs is 1. The van der Waals surface area contributed by atoms with Crippen LogP contribution >= 0.6 is 22.9 Å². The summed E-state index contributed by atoms with van der Waals surface area (Å²) in [6, 6.07) is 14.2. The van der Waals surface area contributed by atoms with Gasteiger partial charge >= 0.3 is 5.97 Å². The Bertz CT molecular complexity index is 1350. The molecule has 0 amide bonds. The number of halogens is 2. The first-order valence-corrected chi connectivity index (χ1v) is 10.9. The number of thiophene rings is 1. The number of aliphatic carboxylic acids is 1. The summed E-state index contributed by atoms with van der Waals surface area (Å²) < 4.78 is 16.1. The van der Waals surface area contributed by atoms with Crippen LogP contribution in [0.15, 0.2) is 65.6 Å². The van der Waals surface area contributed by atoms with Crippen LogP contribution in [0.2, 0.25) is 4.34 Å². The molecule has 4 aromatic rings. The van der Waals surface area contributed by atoms with E-state index in [9.17, 15) is 19.1 Å². The molecule has 164 valence electrons. The molecule has 2 aromatic carbocycles. The molecule has 0 saturated heterocycles. The fourth-order valence-electron chi connectivity index (χ4n) is 3.45. The third-order valence-corrected chi connectivity index (χ3v) is 6.41. The summed E-state index contributed by atoms with van der Waals surface area (Å²) in [5, 5.41) is 16.2. The summed E-state index contributed by atoms with van der Waals surface area (Å²) in [6.07, 6.45) is 1.65. The molecule has 4 rings (SSSR count). The lowest BCUT2D eigenvalue weighted by Crippen LogP contribution is -2.27. The second-order valence-corrected chi connectivity index (χ2v) is 8.87.